The molecule has 29 heavy (non-hydrogen) atoms. The summed E-state index contributed by atoms with van der Waals surface area (Å²) >= 11 is 0. The lowest BCUT2D eigenvalue weighted by Gasteiger charge is -2.33. The van der Waals surface area contributed by atoms with Crippen molar-refractivity contribution in [1.29, 1.82) is 0 Å². The normalized spacial score (nSPS) is 35.9. The maximum absolute atomic E-state index is 11.7. The Balaban J connectivity index is 1.23. The molecule has 0 atom stereocenters. The lowest BCUT2D eigenvalue weighted by Crippen LogP contribution is -2.23. The molecule has 0 amide bonds. The molecule has 3 aliphatic rings. The zero-order valence-electron chi connectivity index (χ0n) is 19.5. The van der Waals surface area contributed by atoms with Crippen LogP contribution in [0.15, 0.2) is 0 Å². The molecule has 3 rings (SSSR count). The van der Waals surface area contributed by atoms with Crippen LogP contribution in [-0.4, -0.2) is 13.1 Å². The van der Waals surface area contributed by atoms with E-state index in [4.69, 9.17) is 4.74 Å². The van der Waals surface area contributed by atoms with E-state index >= 15 is 0 Å². The zero-order chi connectivity index (χ0) is 20.5. The molecule has 0 heterocycles. The Labute approximate surface area is 180 Å². The van der Waals surface area contributed by atoms with Gasteiger partial charge in [0.25, 0.3) is 0 Å². The molecule has 0 unspecified atom stereocenters. The maximum Gasteiger partial charge on any atom is 0.308 e. The minimum absolute atomic E-state index is 0.0239. The predicted molar refractivity (Wildman–Crippen MR) is 122 cm³/mol. The van der Waals surface area contributed by atoms with Gasteiger partial charge in [-0.25, -0.2) is 0 Å². The molecule has 0 bridgehead atoms. The first-order chi connectivity index (χ1) is 14.2. The van der Waals surface area contributed by atoms with Crippen molar-refractivity contribution in [3.8, 4) is 0 Å². The van der Waals surface area contributed by atoms with Crippen LogP contribution in [0.25, 0.3) is 0 Å². The SMILES string of the molecule is CCC[C@H]1CC[C@H](CC[C@H]2CC[C@H](CC[C@H]3CC[C@H](C(=O)OC)CC3)CC2)CC1. The minimum atomic E-state index is 0.0239. The van der Waals surface area contributed by atoms with E-state index in [9.17, 15) is 4.79 Å². The Bertz CT molecular complexity index is 449. The van der Waals surface area contributed by atoms with Gasteiger partial charge in [0, 0.05) is 0 Å². The van der Waals surface area contributed by atoms with Crippen LogP contribution >= 0.6 is 0 Å². The van der Waals surface area contributed by atoms with Gasteiger partial charge in [-0.3, -0.25) is 4.79 Å². The number of rotatable bonds is 9. The molecule has 3 saturated carbocycles. The molecule has 0 aliphatic heterocycles. The Morgan fingerprint density at radius 2 is 0.897 bits per heavy atom. The number of hydrogen-bond donors (Lipinski definition) is 0. The van der Waals surface area contributed by atoms with Crippen molar-refractivity contribution in [3.63, 3.8) is 0 Å². The summed E-state index contributed by atoms with van der Waals surface area (Å²) in [5, 5.41) is 0. The summed E-state index contributed by atoms with van der Waals surface area (Å²) in [4.78, 5) is 11.7. The smallest absolute Gasteiger partial charge is 0.308 e. The van der Waals surface area contributed by atoms with E-state index in [1.165, 1.54) is 110 Å². The van der Waals surface area contributed by atoms with Gasteiger partial charge in [0.2, 0.25) is 0 Å². The van der Waals surface area contributed by atoms with Crippen molar-refractivity contribution >= 4 is 5.97 Å². The van der Waals surface area contributed by atoms with Gasteiger partial charge in [-0.05, 0) is 55.3 Å². The molecule has 168 valence electrons. The maximum atomic E-state index is 11.7. The van der Waals surface area contributed by atoms with Crippen molar-refractivity contribution in [2.75, 3.05) is 7.11 Å². The van der Waals surface area contributed by atoms with Gasteiger partial charge in [0.1, 0.15) is 0 Å². The number of esters is 1. The van der Waals surface area contributed by atoms with E-state index in [1.807, 2.05) is 0 Å². The number of carbonyl (C=O) groups excluding carboxylic acids is 1. The molecule has 0 aromatic heterocycles. The topological polar surface area (TPSA) is 26.3 Å². The average Bonchev–Trinajstić information content (AvgIpc) is 2.78. The van der Waals surface area contributed by atoms with Crippen LogP contribution in [0.4, 0.5) is 0 Å². The molecule has 0 aromatic carbocycles. The highest BCUT2D eigenvalue weighted by molar-refractivity contribution is 5.72. The van der Waals surface area contributed by atoms with E-state index in [1.54, 1.807) is 0 Å². The number of methoxy groups -OCH3 is 1. The van der Waals surface area contributed by atoms with Gasteiger partial charge in [-0.2, -0.15) is 0 Å². The summed E-state index contributed by atoms with van der Waals surface area (Å²) in [5.74, 6) is 5.23. The fourth-order valence-corrected chi connectivity index (χ4v) is 6.82. The second kappa shape index (κ2) is 12.4. The van der Waals surface area contributed by atoms with Crippen molar-refractivity contribution in [1.82, 2.24) is 0 Å². The van der Waals surface area contributed by atoms with Gasteiger partial charge >= 0.3 is 5.97 Å². The van der Waals surface area contributed by atoms with E-state index in [-0.39, 0.29) is 11.9 Å². The van der Waals surface area contributed by atoms with Crippen LogP contribution in [0, 0.1) is 35.5 Å². The highest BCUT2D eigenvalue weighted by atomic mass is 16.5. The van der Waals surface area contributed by atoms with Crippen molar-refractivity contribution in [2.45, 2.75) is 122 Å². The lowest BCUT2D eigenvalue weighted by molar-refractivity contribution is -0.146. The standard InChI is InChI=1S/C27H48O2/c1-3-4-21-5-7-22(8-6-21)9-10-23-11-13-24(14-12-23)15-16-25-17-19-26(20-18-25)27(28)29-2/h21-26H,3-20H2,1-2H3/t21-,22-,23-,24-,25-,26-. The summed E-state index contributed by atoms with van der Waals surface area (Å²) in [7, 11) is 1.53. The zero-order valence-corrected chi connectivity index (χ0v) is 19.5. The van der Waals surface area contributed by atoms with Crippen LogP contribution in [0.1, 0.15) is 122 Å². The minimum Gasteiger partial charge on any atom is -0.469 e. The highest BCUT2D eigenvalue weighted by Gasteiger charge is 2.28. The van der Waals surface area contributed by atoms with Crippen LogP contribution in [0.3, 0.4) is 0 Å². The number of carbonyl (C=O) groups is 1. The van der Waals surface area contributed by atoms with Gasteiger partial charge in [0.15, 0.2) is 0 Å². The quantitative estimate of drug-likeness (QED) is 0.364. The molecule has 3 fully saturated rings. The molecule has 0 N–H and O–H groups in total. The molecule has 0 aromatic rings. The first-order valence-electron chi connectivity index (χ1n) is 13.3. The Kier molecular flexibility index (Phi) is 9.86. The first kappa shape index (κ1) is 23.1. The van der Waals surface area contributed by atoms with Crippen molar-refractivity contribution in [2.24, 2.45) is 35.5 Å². The van der Waals surface area contributed by atoms with Crippen LogP contribution < -0.4 is 0 Å². The molecule has 2 heteroatoms. The van der Waals surface area contributed by atoms with Gasteiger partial charge < -0.3 is 4.74 Å². The third kappa shape index (κ3) is 7.59. The fourth-order valence-electron chi connectivity index (χ4n) is 6.82. The van der Waals surface area contributed by atoms with Gasteiger partial charge in [-0.1, -0.05) is 96.8 Å². The molecule has 0 saturated heterocycles. The van der Waals surface area contributed by atoms with Crippen LogP contribution in [-0.2, 0) is 9.53 Å². The van der Waals surface area contributed by atoms with Crippen LogP contribution in [0.2, 0.25) is 0 Å². The predicted octanol–water partition coefficient (Wildman–Crippen LogP) is 7.94. The third-order valence-electron chi connectivity index (χ3n) is 8.98. The van der Waals surface area contributed by atoms with E-state index in [0.717, 1.165) is 42.4 Å². The molecule has 0 spiro atoms. The Morgan fingerprint density at radius 1 is 0.586 bits per heavy atom. The van der Waals surface area contributed by atoms with Crippen molar-refractivity contribution in [3.05, 3.63) is 0 Å². The number of hydrogen-bond acceptors (Lipinski definition) is 2. The summed E-state index contributed by atoms with van der Waals surface area (Å²) in [6.45, 7) is 2.35. The van der Waals surface area contributed by atoms with E-state index < -0.39 is 0 Å². The summed E-state index contributed by atoms with van der Waals surface area (Å²) in [6, 6.07) is 0. The Hall–Kier alpha value is -0.530. The van der Waals surface area contributed by atoms with Gasteiger partial charge in [0.05, 0.1) is 13.0 Å². The Morgan fingerprint density at radius 3 is 1.21 bits per heavy atom. The lowest BCUT2D eigenvalue weighted by atomic mass is 9.73. The molecular formula is C27H48O2. The van der Waals surface area contributed by atoms with Crippen molar-refractivity contribution < 1.29 is 9.53 Å². The van der Waals surface area contributed by atoms with E-state index in [0.29, 0.717) is 0 Å². The number of ether oxygens (including phenoxy) is 1. The largest absolute Gasteiger partial charge is 0.469 e. The third-order valence-corrected chi connectivity index (χ3v) is 8.98. The molecule has 0 radical (unpaired) electrons. The molecule has 2 nitrogen and oxygen atoms in total. The second-order valence-electron chi connectivity index (χ2n) is 11.0. The van der Waals surface area contributed by atoms with Gasteiger partial charge in [-0.15, -0.1) is 0 Å². The van der Waals surface area contributed by atoms with Crippen LogP contribution in [0.5, 0.6) is 0 Å². The highest BCUT2D eigenvalue weighted by Crippen LogP contribution is 2.40. The van der Waals surface area contributed by atoms with E-state index in [2.05, 4.69) is 6.92 Å². The average molecular weight is 405 g/mol. The first-order valence-corrected chi connectivity index (χ1v) is 13.3. The summed E-state index contributed by atoms with van der Waals surface area (Å²) < 4.78 is 4.92. The summed E-state index contributed by atoms with van der Waals surface area (Å²) in [5.41, 5.74) is 0. The fraction of sp³-hybridized carbons (Fsp3) is 0.963. The second-order valence-corrected chi connectivity index (χ2v) is 11.0. The monoisotopic (exact) mass is 404 g/mol. The molecule has 3 aliphatic carbocycles. The summed E-state index contributed by atoms with van der Waals surface area (Å²) in [6.07, 6.45) is 25.5. The molecular weight excluding hydrogens is 356 g/mol.